The second-order valence-electron chi connectivity index (χ2n) is 8.58. The van der Waals surface area contributed by atoms with Gasteiger partial charge in [-0.3, -0.25) is 0 Å². The average Bonchev–Trinajstić information content (AvgIpc) is 3.15. The zero-order valence-electron chi connectivity index (χ0n) is 17.7. The standard InChI is InChI=1S/C19H27ClN4O3Si/c1-7-19(11-25)13(27-28(5,6)18(2,3)4)10-14(26-19)24-9-8-12-15(21)22-17(20)23-16(12)24/h1,8-9,13-14,25H,10-11H2,2-6H3,(H2,21,22,23)/t13-,14+,19+/m0/s1/i11D/t11?,13-,14+,19+. The first-order valence-corrected chi connectivity index (χ1v) is 12.3. The molecule has 0 bridgehead atoms. The molecule has 0 aromatic carbocycles. The van der Waals surface area contributed by atoms with Crippen LogP contribution in [-0.2, 0) is 9.16 Å². The Labute approximate surface area is 172 Å². The minimum Gasteiger partial charge on any atom is -0.410 e. The molecule has 3 N–H and O–H groups in total. The van der Waals surface area contributed by atoms with E-state index in [-0.39, 0.29) is 16.1 Å². The maximum Gasteiger partial charge on any atom is 0.226 e. The van der Waals surface area contributed by atoms with Gasteiger partial charge in [0.2, 0.25) is 5.28 Å². The van der Waals surface area contributed by atoms with Gasteiger partial charge in [0.1, 0.15) is 17.7 Å². The Balaban J connectivity index is 2.04. The van der Waals surface area contributed by atoms with Gasteiger partial charge in [0, 0.05) is 12.6 Å². The van der Waals surface area contributed by atoms with E-state index in [4.69, 9.17) is 34.3 Å². The number of aliphatic hydroxyl groups is 1. The van der Waals surface area contributed by atoms with Gasteiger partial charge in [-0.05, 0) is 35.8 Å². The fraction of sp³-hybridized carbons (Fsp3) is 0.579. The van der Waals surface area contributed by atoms with Crippen molar-refractivity contribution in [2.45, 2.75) is 63.3 Å². The van der Waals surface area contributed by atoms with Crippen LogP contribution in [-0.4, -0.2) is 46.2 Å². The molecule has 3 heterocycles. The molecule has 0 aliphatic carbocycles. The Morgan fingerprint density at radius 1 is 1.57 bits per heavy atom. The number of ether oxygens (including phenoxy) is 1. The number of aromatic nitrogens is 3. The van der Waals surface area contributed by atoms with Gasteiger partial charge in [0.15, 0.2) is 13.9 Å². The van der Waals surface area contributed by atoms with E-state index in [1.165, 1.54) is 0 Å². The van der Waals surface area contributed by atoms with Crippen molar-refractivity contribution in [2.24, 2.45) is 0 Å². The number of fused-ring (bicyclic) bond motifs is 1. The van der Waals surface area contributed by atoms with E-state index in [0.29, 0.717) is 17.5 Å². The van der Waals surface area contributed by atoms with Gasteiger partial charge in [-0.15, -0.1) is 6.42 Å². The zero-order valence-corrected chi connectivity index (χ0v) is 18.5. The number of anilines is 1. The van der Waals surface area contributed by atoms with Crippen LogP contribution in [0.25, 0.3) is 11.0 Å². The van der Waals surface area contributed by atoms with E-state index in [2.05, 4.69) is 49.8 Å². The van der Waals surface area contributed by atoms with E-state index in [0.717, 1.165) is 0 Å². The van der Waals surface area contributed by atoms with E-state index in [9.17, 15) is 5.11 Å². The molecule has 0 radical (unpaired) electrons. The molecule has 2 aromatic heterocycles. The number of terminal acetylenes is 1. The molecule has 3 rings (SSSR count). The summed E-state index contributed by atoms with van der Waals surface area (Å²) in [5.41, 5.74) is 4.84. The van der Waals surface area contributed by atoms with Crippen LogP contribution < -0.4 is 5.73 Å². The SMILES string of the molecule is [2H]C(O)[C@@]1(C#C)O[C@@H](n2ccc3c(N)nc(Cl)nc32)C[C@@H]1O[Si](C)(C)C(C)(C)C. The number of hydrogen-bond donors (Lipinski definition) is 2. The predicted octanol–water partition coefficient (Wildman–Crippen LogP) is 3.34. The first kappa shape index (κ1) is 19.7. The third-order valence-corrected chi connectivity index (χ3v) is 10.4. The van der Waals surface area contributed by atoms with Crippen LogP contribution >= 0.6 is 11.6 Å². The Bertz CT molecular complexity index is 969. The summed E-state index contributed by atoms with van der Waals surface area (Å²) in [4.78, 5) is 8.22. The smallest absolute Gasteiger partial charge is 0.226 e. The number of nitrogens with two attached hydrogens (primary N) is 1. The van der Waals surface area contributed by atoms with Crippen molar-refractivity contribution in [1.29, 1.82) is 0 Å². The Hall–Kier alpha value is -1.63. The van der Waals surface area contributed by atoms with Gasteiger partial charge in [0.25, 0.3) is 0 Å². The molecule has 1 saturated heterocycles. The second kappa shape index (κ2) is 7.01. The largest absolute Gasteiger partial charge is 0.410 e. The van der Waals surface area contributed by atoms with Crippen molar-refractivity contribution in [3.05, 3.63) is 17.5 Å². The van der Waals surface area contributed by atoms with Crippen molar-refractivity contribution >= 4 is 36.8 Å². The Kier molecular flexibility index (Phi) is 4.92. The van der Waals surface area contributed by atoms with Crippen LogP contribution in [0.2, 0.25) is 23.4 Å². The molecule has 9 heteroatoms. The molecule has 0 spiro atoms. The van der Waals surface area contributed by atoms with Crippen molar-refractivity contribution in [3.63, 3.8) is 0 Å². The zero-order chi connectivity index (χ0) is 21.8. The lowest BCUT2D eigenvalue weighted by atomic mass is 9.99. The van der Waals surface area contributed by atoms with Crippen molar-refractivity contribution in [1.82, 2.24) is 14.5 Å². The summed E-state index contributed by atoms with van der Waals surface area (Å²) in [6.45, 7) is 8.86. The molecule has 7 nitrogen and oxygen atoms in total. The van der Waals surface area contributed by atoms with Crippen LogP contribution in [0.1, 0.15) is 34.8 Å². The van der Waals surface area contributed by atoms with E-state index < -0.39 is 32.8 Å². The summed E-state index contributed by atoms with van der Waals surface area (Å²) >= 11 is 5.98. The quantitative estimate of drug-likeness (QED) is 0.444. The molecule has 28 heavy (non-hydrogen) atoms. The topological polar surface area (TPSA) is 95.4 Å². The molecule has 1 aliphatic rings. The first-order valence-electron chi connectivity index (χ1n) is 9.63. The van der Waals surface area contributed by atoms with E-state index in [1.54, 1.807) is 16.8 Å². The number of rotatable bonds is 4. The molecule has 152 valence electrons. The maximum absolute atomic E-state index is 10.2. The van der Waals surface area contributed by atoms with Crippen LogP contribution in [0, 0.1) is 12.3 Å². The number of halogens is 1. The summed E-state index contributed by atoms with van der Waals surface area (Å²) < 4.78 is 22.4. The van der Waals surface area contributed by atoms with Crippen molar-refractivity contribution in [2.75, 3.05) is 12.3 Å². The average molecular weight is 424 g/mol. The van der Waals surface area contributed by atoms with Gasteiger partial charge in [-0.1, -0.05) is 26.7 Å². The third kappa shape index (κ3) is 3.42. The molecular weight excluding hydrogens is 396 g/mol. The fourth-order valence-electron chi connectivity index (χ4n) is 3.08. The molecule has 0 saturated carbocycles. The highest BCUT2D eigenvalue weighted by atomic mass is 35.5. The number of hydrogen-bond acceptors (Lipinski definition) is 6. The van der Waals surface area contributed by atoms with Crippen molar-refractivity contribution < 1.29 is 15.6 Å². The molecular formula is C19H27ClN4O3Si. The van der Waals surface area contributed by atoms with Gasteiger partial charge < -0.3 is 24.6 Å². The summed E-state index contributed by atoms with van der Waals surface area (Å²) in [5.74, 6) is 2.76. The van der Waals surface area contributed by atoms with E-state index in [1.807, 2.05) is 0 Å². The normalized spacial score (nSPS) is 27.6. The van der Waals surface area contributed by atoms with Crippen molar-refractivity contribution in [3.8, 4) is 12.3 Å². The maximum atomic E-state index is 10.2. The van der Waals surface area contributed by atoms with Crippen LogP contribution in [0.3, 0.4) is 0 Å². The number of nitrogens with zero attached hydrogens (tertiary/aromatic N) is 3. The van der Waals surface area contributed by atoms with Crippen LogP contribution in [0.4, 0.5) is 5.82 Å². The minimum atomic E-state index is -2.25. The lowest BCUT2D eigenvalue weighted by molar-refractivity contribution is -0.0865. The van der Waals surface area contributed by atoms with Crippen LogP contribution in [0.15, 0.2) is 12.3 Å². The minimum absolute atomic E-state index is 0.0192. The fourth-order valence-corrected chi connectivity index (χ4v) is 4.59. The highest BCUT2D eigenvalue weighted by Gasteiger charge is 2.52. The summed E-state index contributed by atoms with van der Waals surface area (Å²) in [5, 5.41) is 10.8. The van der Waals surface area contributed by atoms with Gasteiger partial charge in [0.05, 0.1) is 19.4 Å². The molecule has 4 atom stereocenters. The second-order valence-corrected chi connectivity index (χ2v) is 13.7. The highest BCUT2D eigenvalue weighted by molar-refractivity contribution is 6.74. The molecule has 0 amide bonds. The Morgan fingerprint density at radius 2 is 2.25 bits per heavy atom. The summed E-state index contributed by atoms with van der Waals surface area (Å²) in [7, 11) is -2.25. The lowest BCUT2D eigenvalue weighted by Gasteiger charge is -2.41. The molecule has 1 fully saturated rings. The number of nitrogen functional groups attached to an aromatic ring is 1. The predicted molar refractivity (Wildman–Crippen MR) is 112 cm³/mol. The monoisotopic (exact) mass is 423 g/mol. The summed E-state index contributed by atoms with van der Waals surface area (Å²) in [6.07, 6.45) is 6.60. The number of aliphatic hydroxyl groups excluding tert-OH is 1. The van der Waals surface area contributed by atoms with Gasteiger partial charge in [-0.2, -0.15) is 4.98 Å². The van der Waals surface area contributed by atoms with Gasteiger partial charge >= 0.3 is 0 Å². The third-order valence-electron chi connectivity index (χ3n) is 5.77. The van der Waals surface area contributed by atoms with E-state index >= 15 is 0 Å². The first-order chi connectivity index (χ1) is 13.3. The van der Waals surface area contributed by atoms with Crippen LogP contribution in [0.5, 0.6) is 0 Å². The Morgan fingerprint density at radius 3 is 2.82 bits per heavy atom. The lowest BCUT2D eigenvalue weighted by Crippen LogP contribution is -2.51. The summed E-state index contributed by atoms with van der Waals surface area (Å²) in [6, 6.07) is 1.76. The highest BCUT2D eigenvalue weighted by Crippen LogP contribution is 2.45. The molecule has 2 aromatic rings. The van der Waals surface area contributed by atoms with Gasteiger partial charge in [-0.25, -0.2) is 4.98 Å². The molecule has 1 aliphatic heterocycles. The molecule has 1 unspecified atom stereocenters.